The fourth-order valence-corrected chi connectivity index (χ4v) is 1.33. The first-order valence-electron chi connectivity index (χ1n) is 5.32. The highest BCUT2D eigenvalue weighted by molar-refractivity contribution is 5.30. The van der Waals surface area contributed by atoms with Crippen molar-refractivity contribution in [2.75, 3.05) is 0 Å². The van der Waals surface area contributed by atoms with Gasteiger partial charge >= 0.3 is 0 Å². The molecule has 0 aliphatic carbocycles. The van der Waals surface area contributed by atoms with Crippen molar-refractivity contribution in [3.05, 3.63) is 35.9 Å². The molecule has 0 amide bonds. The van der Waals surface area contributed by atoms with Gasteiger partial charge in [0, 0.05) is 12.8 Å². The zero-order chi connectivity index (χ0) is 11.9. The summed E-state index contributed by atoms with van der Waals surface area (Å²) < 4.78 is 0. The average Bonchev–Trinajstić information content (AvgIpc) is 2.30. The van der Waals surface area contributed by atoms with Gasteiger partial charge in [0.1, 0.15) is 5.60 Å². The van der Waals surface area contributed by atoms with Crippen LogP contribution in [0.3, 0.4) is 0 Å². The first kappa shape index (κ1) is 12.3. The van der Waals surface area contributed by atoms with Crippen molar-refractivity contribution in [3.8, 4) is 17.9 Å². The second kappa shape index (κ2) is 5.95. The van der Waals surface area contributed by atoms with Crippen LogP contribution in [-0.2, 0) is 5.60 Å². The SMILES string of the molecule is C[C@@](O)(C#CCCCC#N)c1ccccc1. The van der Waals surface area contributed by atoms with Crippen LogP contribution in [0.1, 0.15) is 31.7 Å². The van der Waals surface area contributed by atoms with Gasteiger partial charge in [-0.3, -0.25) is 0 Å². The van der Waals surface area contributed by atoms with Crippen LogP contribution in [0.15, 0.2) is 30.3 Å². The third kappa shape index (κ3) is 3.77. The predicted octanol–water partition coefficient (Wildman–Crippen LogP) is 2.59. The Morgan fingerprint density at radius 1 is 1.25 bits per heavy atom. The summed E-state index contributed by atoms with van der Waals surface area (Å²) in [5.41, 5.74) is -0.309. The largest absolute Gasteiger partial charge is 0.374 e. The van der Waals surface area contributed by atoms with Crippen LogP contribution in [0.2, 0.25) is 0 Å². The molecule has 2 heteroatoms. The third-order valence-corrected chi connectivity index (χ3v) is 2.26. The molecular formula is C14H15NO. The summed E-state index contributed by atoms with van der Waals surface area (Å²) in [6, 6.07) is 11.4. The lowest BCUT2D eigenvalue weighted by Gasteiger charge is -2.16. The van der Waals surface area contributed by atoms with E-state index in [0.29, 0.717) is 12.8 Å². The maximum atomic E-state index is 10.1. The minimum atomic E-state index is -1.10. The van der Waals surface area contributed by atoms with Crippen molar-refractivity contribution in [3.63, 3.8) is 0 Å². The Kier molecular flexibility index (Phi) is 4.58. The van der Waals surface area contributed by atoms with Crippen LogP contribution in [0.25, 0.3) is 0 Å². The fraction of sp³-hybridized carbons (Fsp3) is 0.357. The van der Waals surface area contributed by atoms with E-state index in [-0.39, 0.29) is 0 Å². The molecule has 0 aromatic heterocycles. The van der Waals surface area contributed by atoms with Crippen LogP contribution in [0, 0.1) is 23.2 Å². The number of nitrogens with zero attached hydrogens (tertiary/aromatic N) is 1. The third-order valence-electron chi connectivity index (χ3n) is 2.26. The van der Waals surface area contributed by atoms with Crippen molar-refractivity contribution >= 4 is 0 Å². The van der Waals surface area contributed by atoms with Gasteiger partial charge in [-0.05, 0) is 18.9 Å². The molecule has 0 saturated heterocycles. The Bertz CT molecular complexity index is 418. The van der Waals surface area contributed by atoms with E-state index in [1.54, 1.807) is 6.92 Å². The number of benzene rings is 1. The summed E-state index contributed by atoms with van der Waals surface area (Å²) in [6.45, 7) is 1.68. The first-order chi connectivity index (χ1) is 7.67. The highest BCUT2D eigenvalue weighted by Crippen LogP contribution is 2.18. The summed E-state index contributed by atoms with van der Waals surface area (Å²) >= 11 is 0. The van der Waals surface area contributed by atoms with Crippen molar-refractivity contribution in [2.45, 2.75) is 31.8 Å². The van der Waals surface area contributed by atoms with E-state index < -0.39 is 5.60 Å². The fourth-order valence-electron chi connectivity index (χ4n) is 1.33. The molecule has 0 aliphatic rings. The van der Waals surface area contributed by atoms with Crippen LogP contribution >= 0.6 is 0 Å². The maximum absolute atomic E-state index is 10.1. The number of nitriles is 1. The van der Waals surface area contributed by atoms with Crippen LogP contribution in [0.4, 0.5) is 0 Å². The normalized spacial score (nSPS) is 13.1. The Morgan fingerprint density at radius 3 is 2.56 bits per heavy atom. The minimum Gasteiger partial charge on any atom is -0.374 e. The van der Waals surface area contributed by atoms with Gasteiger partial charge in [0.05, 0.1) is 6.07 Å². The van der Waals surface area contributed by atoms with Gasteiger partial charge in [-0.2, -0.15) is 5.26 Å². The monoisotopic (exact) mass is 213 g/mol. The number of unbranched alkanes of at least 4 members (excludes halogenated alkanes) is 2. The van der Waals surface area contributed by atoms with E-state index in [4.69, 9.17) is 5.26 Å². The number of hydrogen-bond acceptors (Lipinski definition) is 2. The number of hydrogen-bond donors (Lipinski definition) is 1. The molecule has 1 aromatic carbocycles. The molecule has 1 rings (SSSR count). The minimum absolute atomic E-state index is 0.516. The molecule has 0 spiro atoms. The van der Waals surface area contributed by atoms with Gasteiger partial charge < -0.3 is 5.11 Å². The van der Waals surface area contributed by atoms with E-state index in [1.807, 2.05) is 30.3 Å². The van der Waals surface area contributed by atoms with Crippen LogP contribution in [0.5, 0.6) is 0 Å². The smallest absolute Gasteiger partial charge is 0.148 e. The van der Waals surface area contributed by atoms with E-state index in [2.05, 4.69) is 17.9 Å². The summed E-state index contributed by atoms with van der Waals surface area (Å²) in [5, 5.41) is 18.5. The molecule has 82 valence electrons. The Balaban J connectivity index is 2.62. The van der Waals surface area contributed by atoms with Crippen molar-refractivity contribution in [1.82, 2.24) is 0 Å². The zero-order valence-corrected chi connectivity index (χ0v) is 9.40. The molecule has 1 N–H and O–H groups in total. The van der Waals surface area contributed by atoms with Crippen LogP contribution in [-0.4, -0.2) is 5.11 Å². The highest BCUT2D eigenvalue weighted by atomic mass is 16.3. The summed E-state index contributed by atoms with van der Waals surface area (Å²) in [5.74, 6) is 5.74. The molecule has 0 aliphatic heterocycles. The zero-order valence-electron chi connectivity index (χ0n) is 9.40. The summed E-state index contributed by atoms with van der Waals surface area (Å²) in [6.07, 6.45) is 1.92. The Labute approximate surface area is 96.5 Å². The molecule has 0 fully saturated rings. The molecule has 2 nitrogen and oxygen atoms in total. The van der Waals surface area contributed by atoms with Gasteiger partial charge in [0.2, 0.25) is 0 Å². The van der Waals surface area contributed by atoms with Crippen molar-refractivity contribution < 1.29 is 5.11 Å². The lowest BCUT2D eigenvalue weighted by molar-refractivity contribution is 0.122. The van der Waals surface area contributed by atoms with E-state index in [1.165, 1.54) is 0 Å². The lowest BCUT2D eigenvalue weighted by Crippen LogP contribution is -2.18. The first-order valence-corrected chi connectivity index (χ1v) is 5.32. The molecule has 0 saturated carbocycles. The molecule has 16 heavy (non-hydrogen) atoms. The highest BCUT2D eigenvalue weighted by Gasteiger charge is 2.18. The van der Waals surface area contributed by atoms with Crippen molar-refractivity contribution in [2.24, 2.45) is 0 Å². The number of rotatable bonds is 3. The summed E-state index contributed by atoms with van der Waals surface area (Å²) in [7, 11) is 0. The van der Waals surface area contributed by atoms with Crippen LogP contribution < -0.4 is 0 Å². The van der Waals surface area contributed by atoms with Gasteiger partial charge in [0.15, 0.2) is 0 Å². The predicted molar refractivity (Wildman–Crippen MR) is 63.3 cm³/mol. The van der Waals surface area contributed by atoms with Gasteiger partial charge in [-0.1, -0.05) is 42.2 Å². The molecule has 1 atom stereocenters. The quantitative estimate of drug-likeness (QED) is 0.619. The van der Waals surface area contributed by atoms with E-state index in [0.717, 1.165) is 12.0 Å². The molecule has 1 aromatic rings. The number of aliphatic hydroxyl groups is 1. The Hall–Kier alpha value is -1.77. The van der Waals surface area contributed by atoms with Gasteiger partial charge in [-0.25, -0.2) is 0 Å². The molecule has 0 heterocycles. The van der Waals surface area contributed by atoms with E-state index in [9.17, 15) is 5.11 Å². The topological polar surface area (TPSA) is 44.0 Å². The Morgan fingerprint density at radius 2 is 1.94 bits per heavy atom. The van der Waals surface area contributed by atoms with Gasteiger partial charge in [-0.15, -0.1) is 0 Å². The molecular weight excluding hydrogens is 198 g/mol. The summed E-state index contributed by atoms with van der Waals surface area (Å²) in [4.78, 5) is 0. The molecule has 0 bridgehead atoms. The second-order valence-corrected chi connectivity index (χ2v) is 3.75. The second-order valence-electron chi connectivity index (χ2n) is 3.75. The average molecular weight is 213 g/mol. The van der Waals surface area contributed by atoms with Gasteiger partial charge in [0.25, 0.3) is 0 Å². The molecule has 0 unspecified atom stereocenters. The van der Waals surface area contributed by atoms with E-state index >= 15 is 0 Å². The molecule has 0 radical (unpaired) electrons. The maximum Gasteiger partial charge on any atom is 0.148 e. The standard InChI is InChI=1S/C14H15NO/c1-14(16,11-7-2-3-8-12-15)13-9-5-4-6-10-13/h4-6,9-10,16H,2-3,8H2,1H3/t14-/m1/s1. The van der Waals surface area contributed by atoms with Crippen molar-refractivity contribution in [1.29, 1.82) is 5.26 Å². The lowest BCUT2D eigenvalue weighted by atomic mass is 9.96.